The fraction of sp³-hybridized carbons (Fsp3) is 0.333. The summed E-state index contributed by atoms with van der Waals surface area (Å²) in [5, 5.41) is 12.9. The number of benzene rings is 1. The minimum atomic E-state index is -0.920. The molecular weight excluding hydrogens is 313 g/mol. The quantitative estimate of drug-likeness (QED) is 0.836. The first kappa shape index (κ1) is 14.4. The maximum Gasteiger partial charge on any atom is 0.307 e. The average Bonchev–Trinajstić information content (AvgIpc) is 2.96. The van der Waals surface area contributed by atoms with Gasteiger partial charge in [0.05, 0.1) is 11.8 Å². The number of carboxylic acids is 1. The van der Waals surface area contributed by atoms with Crippen LogP contribution in [0.3, 0.4) is 0 Å². The van der Waals surface area contributed by atoms with Gasteiger partial charge in [-0.1, -0.05) is 35.4 Å². The molecule has 2 bridgehead atoms. The van der Waals surface area contributed by atoms with Crippen LogP contribution in [0.1, 0.15) is 6.42 Å². The van der Waals surface area contributed by atoms with Crippen molar-refractivity contribution in [3.63, 3.8) is 0 Å². The van der Waals surface area contributed by atoms with E-state index in [1.165, 1.54) is 0 Å². The van der Waals surface area contributed by atoms with Crippen LogP contribution in [-0.2, 0) is 9.59 Å². The molecule has 1 aromatic carbocycles. The van der Waals surface area contributed by atoms with Crippen LogP contribution in [0.4, 0.5) is 5.69 Å². The Bertz CT molecular complexity index is 624. The first-order valence-corrected chi connectivity index (χ1v) is 7.39. The Morgan fingerprint density at radius 2 is 1.62 bits per heavy atom. The van der Waals surface area contributed by atoms with E-state index in [1.54, 1.807) is 18.2 Å². The van der Waals surface area contributed by atoms with Gasteiger partial charge in [0.15, 0.2) is 0 Å². The van der Waals surface area contributed by atoms with Crippen LogP contribution in [0.2, 0.25) is 10.0 Å². The molecule has 6 heteroatoms. The zero-order valence-electron chi connectivity index (χ0n) is 10.9. The van der Waals surface area contributed by atoms with E-state index >= 15 is 0 Å². The third-order valence-corrected chi connectivity index (χ3v) is 4.61. The number of halogens is 2. The van der Waals surface area contributed by atoms with Gasteiger partial charge in [-0.25, -0.2) is 0 Å². The minimum absolute atomic E-state index is 0.00856. The second-order valence-electron chi connectivity index (χ2n) is 5.49. The van der Waals surface area contributed by atoms with Crippen molar-refractivity contribution < 1.29 is 14.7 Å². The number of carbonyl (C=O) groups excluding carboxylic acids is 1. The largest absolute Gasteiger partial charge is 0.481 e. The maximum atomic E-state index is 12.4. The monoisotopic (exact) mass is 325 g/mol. The highest BCUT2D eigenvalue weighted by Gasteiger charge is 2.51. The molecule has 0 radical (unpaired) electrons. The summed E-state index contributed by atoms with van der Waals surface area (Å²) >= 11 is 11.8. The van der Waals surface area contributed by atoms with Crippen LogP contribution in [0.25, 0.3) is 0 Å². The van der Waals surface area contributed by atoms with Crippen molar-refractivity contribution in [3.05, 3.63) is 40.4 Å². The summed E-state index contributed by atoms with van der Waals surface area (Å²) in [4.78, 5) is 23.9. The Morgan fingerprint density at radius 3 is 2.19 bits per heavy atom. The molecule has 1 fully saturated rings. The third-order valence-electron chi connectivity index (χ3n) is 4.18. The van der Waals surface area contributed by atoms with E-state index in [9.17, 15) is 14.7 Å². The molecule has 2 aliphatic carbocycles. The summed E-state index contributed by atoms with van der Waals surface area (Å²) in [7, 11) is 0. The van der Waals surface area contributed by atoms with Crippen LogP contribution < -0.4 is 5.32 Å². The Hall–Kier alpha value is -1.52. The molecule has 0 spiro atoms. The van der Waals surface area contributed by atoms with Crippen molar-refractivity contribution >= 4 is 40.8 Å². The number of carboxylic acid groups (broad SMARTS) is 1. The Balaban J connectivity index is 1.82. The van der Waals surface area contributed by atoms with Crippen LogP contribution in [0.5, 0.6) is 0 Å². The van der Waals surface area contributed by atoms with E-state index in [2.05, 4.69) is 5.32 Å². The molecule has 0 heterocycles. The number of carbonyl (C=O) groups is 2. The summed E-state index contributed by atoms with van der Waals surface area (Å²) in [6.45, 7) is 0. The highest BCUT2D eigenvalue weighted by Crippen LogP contribution is 2.48. The molecule has 1 amide bonds. The molecule has 1 saturated carbocycles. The van der Waals surface area contributed by atoms with Gasteiger partial charge in [-0.05, 0) is 36.5 Å². The lowest BCUT2D eigenvalue weighted by molar-refractivity contribution is -0.146. The molecule has 4 atom stereocenters. The van der Waals surface area contributed by atoms with Crippen molar-refractivity contribution in [2.24, 2.45) is 23.7 Å². The zero-order valence-corrected chi connectivity index (χ0v) is 12.4. The SMILES string of the molecule is O=C(Nc1cc(Cl)cc(Cl)c1)[C@@H]1[C@H](C(=O)O)[C@H]2C=C[C@H]1C2. The predicted molar refractivity (Wildman–Crippen MR) is 80.4 cm³/mol. The molecule has 110 valence electrons. The second kappa shape index (κ2) is 5.35. The first-order chi connectivity index (χ1) is 9.95. The summed E-state index contributed by atoms with van der Waals surface area (Å²) in [5.74, 6) is -2.48. The number of hydrogen-bond acceptors (Lipinski definition) is 2. The van der Waals surface area contributed by atoms with E-state index < -0.39 is 17.8 Å². The molecule has 4 nitrogen and oxygen atoms in total. The van der Waals surface area contributed by atoms with Gasteiger partial charge in [0.25, 0.3) is 0 Å². The Morgan fingerprint density at radius 1 is 1.05 bits per heavy atom. The highest BCUT2D eigenvalue weighted by molar-refractivity contribution is 6.35. The zero-order chi connectivity index (χ0) is 15.1. The smallest absolute Gasteiger partial charge is 0.307 e. The molecule has 0 aromatic heterocycles. The van der Waals surface area contributed by atoms with E-state index in [0.717, 1.165) is 6.42 Å². The number of allylic oxidation sites excluding steroid dienone is 2. The number of hydrogen-bond donors (Lipinski definition) is 2. The van der Waals surface area contributed by atoms with Crippen LogP contribution in [0, 0.1) is 23.7 Å². The van der Waals surface area contributed by atoms with Gasteiger partial charge in [-0.2, -0.15) is 0 Å². The molecule has 2 aliphatic rings. The molecule has 0 saturated heterocycles. The van der Waals surface area contributed by atoms with Crippen LogP contribution in [0.15, 0.2) is 30.4 Å². The van der Waals surface area contributed by atoms with E-state index in [4.69, 9.17) is 23.2 Å². The van der Waals surface area contributed by atoms with Gasteiger partial charge in [0, 0.05) is 15.7 Å². The highest BCUT2D eigenvalue weighted by atomic mass is 35.5. The summed E-state index contributed by atoms with van der Waals surface area (Å²) in [6.07, 6.45) is 4.58. The summed E-state index contributed by atoms with van der Waals surface area (Å²) in [5.41, 5.74) is 0.480. The molecule has 2 N–H and O–H groups in total. The van der Waals surface area contributed by atoms with Crippen molar-refractivity contribution in [2.45, 2.75) is 6.42 Å². The number of anilines is 1. The standard InChI is InChI=1S/C15H13Cl2NO3/c16-9-4-10(17)6-11(5-9)18-14(19)12-7-1-2-8(3-7)13(12)15(20)21/h1-2,4-8,12-13H,3H2,(H,18,19)(H,20,21)/t7-,8-,12-,13+/m0/s1. The maximum absolute atomic E-state index is 12.4. The molecule has 3 rings (SSSR count). The fourth-order valence-electron chi connectivity index (χ4n) is 3.37. The molecule has 0 unspecified atom stereocenters. The van der Waals surface area contributed by atoms with Crippen molar-refractivity contribution in [1.82, 2.24) is 0 Å². The lowest BCUT2D eigenvalue weighted by Gasteiger charge is -2.23. The van der Waals surface area contributed by atoms with Crippen molar-refractivity contribution in [3.8, 4) is 0 Å². The van der Waals surface area contributed by atoms with E-state index in [-0.39, 0.29) is 17.7 Å². The summed E-state index contributed by atoms with van der Waals surface area (Å²) < 4.78 is 0. The van der Waals surface area contributed by atoms with Gasteiger partial charge in [-0.3, -0.25) is 9.59 Å². The van der Waals surface area contributed by atoms with Crippen LogP contribution in [-0.4, -0.2) is 17.0 Å². The lowest BCUT2D eigenvalue weighted by atomic mass is 9.82. The van der Waals surface area contributed by atoms with Crippen LogP contribution >= 0.6 is 23.2 Å². The number of aliphatic carboxylic acids is 1. The number of rotatable bonds is 3. The van der Waals surface area contributed by atoms with E-state index in [1.807, 2.05) is 12.2 Å². The topological polar surface area (TPSA) is 66.4 Å². The first-order valence-electron chi connectivity index (χ1n) is 6.64. The van der Waals surface area contributed by atoms with Gasteiger partial charge in [-0.15, -0.1) is 0 Å². The molecule has 1 aromatic rings. The molecule has 21 heavy (non-hydrogen) atoms. The fourth-order valence-corrected chi connectivity index (χ4v) is 3.89. The second-order valence-corrected chi connectivity index (χ2v) is 6.36. The van der Waals surface area contributed by atoms with Gasteiger partial charge >= 0.3 is 5.97 Å². The normalized spacial score (nSPS) is 29.6. The Labute approximate surface area is 131 Å². The van der Waals surface area contributed by atoms with Crippen molar-refractivity contribution in [1.29, 1.82) is 0 Å². The number of fused-ring (bicyclic) bond motifs is 2. The third kappa shape index (κ3) is 2.65. The molecule has 0 aliphatic heterocycles. The van der Waals surface area contributed by atoms with Gasteiger partial charge in [0.2, 0.25) is 5.91 Å². The van der Waals surface area contributed by atoms with E-state index in [0.29, 0.717) is 15.7 Å². The van der Waals surface area contributed by atoms with Gasteiger partial charge in [0.1, 0.15) is 0 Å². The average molecular weight is 326 g/mol. The number of nitrogens with one attached hydrogen (secondary N) is 1. The minimum Gasteiger partial charge on any atom is -0.481 e. The summed E-state index contributed by atoms with van der Waals surface area (Å²) in [6, 6.07) is 4.74. The van der Waals surface area contributed by atoms with Crippen molar-refractivity contribution in [2.75, 3.05) is 5.32 Å². The predicted octanol–water partition coefficient (Wildman–Crippen LogP) is 3.45. The molecular formula is C15H13Cl2NO3. The number of amides is 1. The van der Waals surface area contributed by atoms with Gasteiger partial charge < -0.3 is 10.4 Å². The lowest BCUT2D eigenvalue weighted by Crippen LogP contribution is -2.36. The Kier molecular flexibility index (Phi) is 3.68.